The zero-order valence-corrected chi connectivity index (χ0v) is 12.3. The Morgan fingerprint density at radius 2 is 2.00 bits per heavy atom. The number of piperidine rings is 1. The average molecular weight is 270 g/mol. The van der Waals surface area contributed by atoms with Crippen molar-refractivity contribution in [1.82, 2.24) is 10.2 Å². The monoisotopic (exact) mass is 270 g/mol. The van der Waals surface area contributed by atoms with Crippen LogP contribution < -0.4 is 5.32 Å². The topological polar surface area (TPSA) is 69.6 Å². The maximum Gasteiger partial charge on any atom is 0.326 e. The summed E-state index contributed by atoms with van der Waals surface area (Å²) in [5, 5.41) is 11.7. The Hall–Kier alpha value is -1.26. The Morgan fingerprint density at radius 1 is 1.37 bits per heavy atom. The molecule has 0 saturated carbocycles. The van der Waals surface area contributed by atoms with E-state index in [0.29, 0.717) is 24.8 Å². The highest BCUT2D eigenvalue weighted by Crippen LogP contribution is 2.26. The maximum absolute atomic E-state index is 12.2. The van der Waals surface area contributed by atoms with Gasteiger partial charge < -0.3 is 15.3 Å². The molecular weight excluding hydrogens is 244 g/mol. The molecule has 1 aliphatic heterocycles. The Morgan fingerprint density at radius 3 is 2.53 bits per heavy atom. The SMILES string of the molecule is CCC[C@H](NC(=O)N1CC(C)CC(C)C1C)C(=O)O. The number of carboxylic acids is 1. The highest BCUT2D eigenvalue weighted by atomic mass is 16.4. The lowest BCUT2D eigenvalue weighted by Gasteiger charge is -2.41. The third kappa shape index (κ3) is 4.11. The van der Waals surface area contributed by atoms with Crippen LogP contribution in [0.25, 0.3) is 0 Å². The molecule has 0 radical (unpaired) electrons. The Balaban J connectivity index is 2.67. The van der Waals surface area contributed by atoms with Crippen molar-refractivity contribution in [3.8, 4) is 0 Å². The average Bonchev–Trinajstić information content (AvgIpc) is 2.32. The number of carbonyl (C=O) groups is 2. The van der Waals surface area contributed by atoms with Crippen molar-refractivity contribution < 1.29 is 14.7 Å². The van der Waals surface area contributed by atoms with E-state index in [1.54, 1.807) is 4.90 Å². The summed E-state index contributed by atoms with van der Waals surface area (Å²) in [5.74, 6) is -0.0451. The smallest absolute Gasteiger partial charge is 0.326 e. The maximum atomic E-state index is 12.2. The van der Waals surface area contributed by atoms with Crippen LogP contribution in [-0.2, 0) is 4.79 Å². The van der Waals surface area contributed by atoms with Crippen molar-refractivity contribution in [3.63, 3.8) is 0 Å². The van der Waals surface area contributed by atoms with Gasteiger partial charge in [-0.25, -0.2) is 9.59 Å². The fraction of sp³-hybridized carbons (Fsp3) is 0.857. The van der Waals surface area contributed by atoms with Gasteiger partial charge in [0.2, 0.25) is 0 Å². The number of carbonyl (C=O) groups excluding carboxylic acids is 1. The van der Waals surface area contributed by atoms with Gasteiger partial charge in [-0.15, -0.1) is 0 Å². The second kappa shape index (κ2) is 6.78. The van der Waals surface area contributed by atoms with Crippen LogP contribution in [-0.4, -0.2) is 40.6 Å². The predicted octanol–water partition coefficient (Wildman–Crippen LogP) is 2.32. The third-order valence-electron chi connectivity index (χ3n) is 4.03. The van der Waals surface area contributed by atoms with Gasteiger partial charge >= 0.3 is 12.0 Å². The van der Waals surface area contributed by atoms with E-state index < -0.39 is 12.0 Å². The number of aliphatic carboxylic acids is 1. The third-order valence-corrected chi connectivity index (χ3v) is 4.03. The first-order valence-corrected chi connectivity index (χ1v) is 7.16. The molecule has 2 amide bonds. The van der Waals surface area contributed by atoms with E-state index in [0.717, 1.165) is 12.8 Å². The van der Waals surface area contributed by atoms with Gasteiger partial charge in [0.15, 0.2) is 0 Å². The van der Waals surface area contributed by atoms with Crippen LogP contribution in [0, 0.1) is 11.8 Å². The second-order valence-electron chi connectivity index (χ2n) is 5.84. The van der Waals surface area contributed by atoms with Gasteiger partial charge in [0.25, 0.3) is 0 Å². The van der Waals surface area contributed by atoms with Crippen LogP contribution >= 0.6 is 0 Å². The molecule has 1 aliphatic rings. The van der Waals surface area contributed by atoms with E-state index in [1.165, 1.54) is 0 Å². The molecule has 0 aromatic carbocycles. The Labute approximate surface area is 115 Å². The fourth-order valence-electron chi connectivity index (χ4n) is 2.76. The first-order valence-electron chi connectivity index (χ1n) is 7.16. The quantitative estimate of drug-likeness (QED) is 0.823. The summed E-state index contributed by atoms with van der Waals surface area (Å²) >= 11 is 0. The van der Waals surface area contributed by atoms with Crippen molar-refractivity contribution in [2.24, 2.45) is 11.8 Å². The Kier molecular flexibility index (Phi) is 5.63. The number of amides is 2. The highest BCUT2D eigenvalue weighted by molar-refractivity contribution is 5.82. The van der Waals surface area contributed by atoms with Crippen LogP contribution in [0.3, 0.4) is 0 Å². The number of rotatable bonds is 4. The molecule has 5 heteroatoms. The van der Waals surface area contributed by atoms with Crippen LogP contribution in [0.2, 0.25) is 0 Å². The molecular formula is C14H26N2O3. The summed E-state index contributed by atoms with van der Waals surface area (Å²) in [6.45, 7) is 8.92. The van der Waals surface area contributed by atoms with E-state index in [1.807, 2.05) is 13.8 Å². The summed E-state index contributed by atoms with van der Waals surface area (Å²) in [5.41, 5.74) is 0. The number of nitrogens with one attached hydrogen (secondary N) is 1. The molecule has 4 atom stereocenters. The normalized spacial score (nSPS) is 28.8. The fourth-order valence-corrected chi connectivity index (χ4v) is 2.76. The number of carboxylic acid groups (broad SMARTS) is 1. The van der Waals surface area contributed by atoms with Gasteiger partial charge in [0.05, 0.1) is 0 Å². The lowest BCUT2D eigenvalue weighted by molar-refractivity contribution is -0.139. The molecule has 19 heavy (non-hydrogen) atoms. The van der Waals surface area contributed by atoms with E-state index in [2.05, 4.69) is 19.2 Å². The van der Waals surface area contributed by atoms with Crippen molar-refractivity contribution in [2.75, 3.05) is 6.54 Å². The number of likely N-dealkylation sites (tertiary alicyclic amines) is 1. The summed E-state index contributed by atoms with van der Waals surface area (Å²) < 4.78 is 0. The zero-order chi connectivity index (χ0) is 14.6. The largest absolute Gasteiger partial charge is 0.480 e. The van der Waals surface area contributed by atoms with E-state index in [-0.39, 0.29) is 12.1 Å². The molecule has 5 nitrogen and oxygen atoms in total. The van der Waals surface area contributed by atoms with Gasteiger partial charge in [0.1, 0.15) is 6.04 Å². The van der Waals surface area contributed by atoms with Crippen LogP contribution in [0.4, 0.5) is 4.79 Å². The molecule has 3 unspecified atom stereocenters. The molecule has 110 valence electrons. The summed E-state index contributed by atoms with van der Waals surface area (Å²) in [7, 11) is 0. The van der Waals surface area contributed by atoms with E-state index in [9.17, 15) is 9.59 Å². The summed E-state index contributed by atoms with van der Waals surface area (Å²) in [4.78, 5) is 25.1. The standard InChI is InChI=1S/C14H26N2O3/c1-5-6-12(13(17)18)15-14(19)16-8-9(2)7-10(3)11(16)4/h9-12H,5-8H2,1-4H3,(H,15,19)(H,17,18)/t9?,10?,11?,12-/m0/s1. The van der Waals surface area contributed by atoms with E-state index in [4.69, 9.17) is 5.11 Å². The van der Waals surface area contributed by atoms with Gasteiger partial charge in [0, 0.05) is 12.6 Å². The lowest BCUT2D eigenvalue weighted by atomic mass is 9.86. The van der Waals surface area contributed by atoms with E-state index >= 15 is 0 Å². The Bertz CT molecular complexity index is 333. The van der Waals surface area contributed by atoms with Crippen LogP contribution in [0.5, 0.6) is 0 Å². The van der Waals surface area contributed by atoms with Crippen LogP contribution in [0.1, 0.15) is 47.0 Å². The second-order valence-corrected chi connectivity index (χ2v) is 5.84. The summed E-state index contributed by atoms with van der Waals surface area (Å²) in [6.07, 6.45) is 2.32. The van der Waals surface area contributed by atoms with Crippen molar-refractivity contribution in [1.29, 1.82) is 0 Å². The minimum absolute atomic E-state index is 0.160. The first kappa shape index (κ1) is 15.8. The van der Waals surface area contributed by atoms with Gasteiger partial charge in [-0.1, -0.05) is 27.2 Å². The molecule has 0 bridgehead atoms. The molecule has 1 fully saturated rings. The molecule has 0 spiro atoms. The van der Waals surface area contributed by atoms with Gasteiger partial charge in [-0.3, -0.25) is 0 Å². The molecule has 1 saturated heterocycles. The van der Waals surface area contributed by atoms with Crippen molar-refractivity contribution in [3.05, 3.63) is 0 Å². The van der Waals surface area contributed by atoms with Gasteiger partial charge in [-0.2, -0.15) is 0 Å². The molecule has 1 heterocycles. The summed E-state index contributed by atoms with van der Waals surface area (Å²) in [6, 6.07) is -0.865. The number of hydrogen-bond acceptors (Lipinski definition) is 2. The number of hydrogen-bond donors (Lipinski definition) is 2. The molecule has 0 aliphatic carbocycles. The van der Waals surface area contributed by atoms with Gasteiger partial charge in [-0.05, 0) is 31.6 Å². The zero-order valence-electron chi connectivity index (χ0n) is 12.3. The molecule has 0 aromatic rings. The molecule has 1 rings (SSSR count). The molecule has 0 aromatic heterocycles. The molecule has 2 N–H and O–H groups in total. The predicted molar refractivity (Wildman–Crippen MR) is 74.0 cm³/mol. The minimum Gasteiger partial charge on any atom is -0.480 e. The minimum atomic E-state index is -0.957. The highest BCUT2D eigenvalue weighted by Gasteiger charge is 2.33. The lowest BCUT2D eigenvalue weighted by Crippen LogP contribution is -2.55. The van der Waals surface area contributed by atoms with Crippen molar-refractivity contribution in [2.45, 2.75) is 59.0 Å². The first-order chi connectivity index (χ1) is 8.86. The van der Waals surface area contributed by atoms with Crippen LogP contribution in [0.15, 0.2) is 0 Å². The number of urea groups is 1. The van der Waals surface area contributed by atoms with Crippen molar-refractivity contribution >= 4 is 12.0 Å². The number of nitrogens with zero attached hydrogens (tertiary/aromatic N) is 1.